The largest absolute Gasteiger partial charge is 0.461 e. The summed E-state index contributed by atoms with van der Waals surface area (Å²) in [5.41, 5.74) is 5.97. The van der Waals surface area contributed by atoms with Gasteiger partial charge in [-0.05, 0) is 80.7 Å². The fourth-order valence-electron chi connectivity index (χ4n) is 4.11. The molecule has 0 N–H and O–H groups in total. The summed E-state index contributed by atoms with van der Waals surface area (Å²) < 4.78 is 10.6. The molecule has 188 valence electrons. The molecule has 1 aromatic carbocycles. The molecule has 0 atom stereocenters. The van der Waals surface area contributed by atoms with Gasteiger partial charge >= 0.3 is 11.9 Å². The van der Waals surface area contributed by atoms with Crippen LogP contribution in [0.4, 0.5) is 0 Å². The molecule has 1 aliphatic carbocycles. The molecule has 2 rings (SSSR count). The van der Waals surface area contributed by atoms with Crippen molar-refractivity contribution in [1.29, 1.82) is 0 Å². The SMILES string of the molecule is CCCC(=O)OCc1ccc(OC(=O)C=C(C)C=CC=C(C)C=CC2=C(C)CCCC2(C)C)cc1. The fraction of sp³-hybridized carbons (Fsp3) is 0.419. The highest BCUT2D eigenvalue weighted by Gasteiger charge is 2.26. The van der Waals surface area contributed by atoms with Crippen LogP contribution in [0.1, 0.15) is 79.2 Å². The Kier molecular flexibility index (Phi) is 11.0. The Bertz CT molecular complexity index is 1030. The van der Waals surface area contributed by atoms with E-state index in [1.807, 2.05) is 32.1 Å². The molecule has 0 saturated carbocycles. The maximum atomic E-state index is 12.2. The Morgan fingerprint density at radius 1 is 1.06 bits per heavy atom. The van der Waals surface area contributed by atoms with E-state index in [1.54, 1.807) is 24.3 Å². The summed E-state index contributed by atoms with van der Waals surface area (Å²) in [5, 5.41) is 0. The van der Waals surface area contributed by atoms with Gasteiger partial charge in [-0.2, -0.15) is 0 Å². The van der Waals surface area contributed by atoms with E-state index in [2.05, 4.69) is 39.8 Å². The first-order valence-electron chi connectivity index (χ1n) is 12.5. The standard InChI is InChI=1S/C31H40O4/c1-7-10-29(32)34-22-26-15-17-27(18-16-26)35-30(33)21-24(3)12-8-11-23(2)14-19-28-25(4)13-9-20-31(28,5)6/h8,11-12,14-19,21H,7,9-10,13,20,22H2,1-6H3. The molecule has 0 heterocycles. The second kappa shape index (κ2) is 13.7. The number of hydrogen-bond acceptors (Lipinski definition) is 4. The van der Waals surface area contributed by atoms with Crippen molar-refractivity contribution in [1.82, 2.24) is 0 Å². The number of carbonyl (C=O) groups excluding carboxylic acids is 2. The Balaban J connectivity index is 1.88. The lowest BCUT2D eigenvalue weighted by Crippen LogP contribution is -2.19. The van der Waals surface area contributed by atoms with Crippen LogP contribution < -0.4 is 4.74 Å². The molecule has 4 nitrogen and oxygen atoms in total. The van der Waals surface area contributed by atoms with E-state index >= 15 is 0 Å². The number of ether oxygens (including phenoxy) is 2. The van der Waals surface area contributed by atoms with Gasteiger partial charge in [0, 0.05) is 12.5 Å². The third kappa shape index (κ3) is 9.94. The summed E-state index contributed by atoms with van der Waals surface area (Å²) in [7, 11) is 0. The summed E-state index contributed by atoms with van der Waals surface area (Å²) in [6, 6.07) is 6.96. The minimum absolute atomic E-state index is 0.210. The number of rotatable bonds is 10. The second-order valence-electron chi connectivity index (χ2n) is 9.90. The second-order valence-corrected chi connectivity index (χ2v) is 9.90. The minimum atomic E-state index is -0.434. The van der Waals surface area contributed by atoms with E-state index in [9.17, 15) is 9.59 Å². The maximum Gasteiger partial charge on any atom is 0.336 e. The van der Waals surface area contributed by atoms with Crippen LogP contribution in [0, 0.1) is 5.41 Å². The molecule has 0 aliphatic heterocycles. The van der Waals surface area contributed by atoms with E-state index in [0.29, 0.717) is 12.2 Å². The zero-order valence-electron chi connectivity index (χ0n) is 22.1. The molecule has 1 aliphatic rings. The zero-order valence-corrected chi connectivity index (χ0v) is 22.1. The number of esters is 2. The molecule has 0 radical (unpaired) electrons. The monoisotopic (exact) mass is 476 g/mol. The molecule has 35 heavy (non-hydrogen) atoms. The summed E-state index contributed by atoms with van der Waals surface area (Å²) >= 11 is 0. The third-order valence-electron chi connectivity index (χ3n) is 6.11. The quantitative estimate of drug-likeness (QED) is 0.149. The normalized spacial score (nSPS) is 16.7. The van der Waals surface area contributed by atoms with Crippen LogP contribution in [0.3, 0.4) is 0 Å². The molecule has 0 saturated heterocycles. The van der Waals surface area contributed by atoms with Gasteiger partial charge in [-0.25, -0.2) is 4.79 Å². The van der Waals surface area contributed by atoms with E-state index in [4.69, 9.17) is 9.47 Å². The van der Waals surface area contributed by atoms with Gasteiger partial charge in [-0.1, -0.05) is 74.4 Å². The van der Waals surface area contributed by atoms with Crippen molar-refractivity contribution >= 4 is 11.9 Å². The minimum Gasteiger partial charge on any atom is -0.461 e. The number of benzene rings is 1. The molecule has 4 heteroatoms. The van der Waals surface area contributed by atoms with Crippen LogP contribution in [0.2, 0.25) is 0 Å². The van der Waals surface area contributed by atoms with Crippen LogP contribution in [0.5, 0.6) is 5.75 Å². The topological polar surface area (TPSA) is 52.6 Å². The van der Waals surface area contributed by atoms with Crippen molar-refractivity contribution in [3.05, 3.63) is 88.6 Å². The third-order valence-corrected chi connectivity index (χ3v) is 6.11. The molecular weight excluding hydrogens is 436 g/mol. The van der Waals surface area contributed by atoms with Crippen LogP contribution in [0.25, 0.3) is 0 Å². The van der Waals surface area contributed by atoms with Crippen molar-refractivity contribution < 1.29 is 19.1 Å². The smallest absolute Gasteiger partial charge is 0.336 e. The van der Waals surface area contributed by atoms with Gasteiger partial charge in [-0.15, -0.1) is 0 Å². The van der Waals surface area contributed by atoms with Gasteiger partial charge in [0.1, 0.15) is 12.4 Å². The van der Waals surface area contributed by atoms with E-state index in [-0.39, 0.29) is 18.0 Å². The maximum absolute atomic E-state index is 12.2. The Morgan fingerprint density at radius 3 is 2.43 bits per heavy atom. The lowest BCUT2D eigenvalue weighted by molar-refractivity contribution is -0.145. The lowest BCUT2D eigenvalue weighted by atomic mass is 9.72. The highest BCUT2D eigenvalue weighted by atomic mass is 16.5. The molecule has 0 bridgehead atoms. The molecule has 0 aromatic heterocycles. The van der Waals surface area contributed by atoms with Crippen LogP contribution >= 0.6 is 0 Å². The summed E-state index contributed by atoms with van der Waals surface area (Å²) in [6.45, 7) is 13.0. The Morgan fingerprint density at radius 2 is 1.77 bits per heavy atom. The van der Waals surface area contributed by atoms with Crippen LogP contribution in [-0.2, 0) is 20.9 Å². The van der Waals surface area contributed by atoms with E-state index < -0.39 is 5.97 Å². The molecule has 0 spiro atoms. The lowest BCUT2D eigenvalue weighted by Gasteiger charge is -2.32. The summed E-state index contributed by atoms with van der Waals surface area (Å²) in [4.78, 5) is 23.7. The molecule has 0 amide bonds. The van der Waals surface area contributed by atoms with Crippen molar-refractivity contribution in [3.63, 3.8) is 0 Å². The first kappa shape index (κ1) is 28.1. The first-order chi connectivity index (χ1) is 16.6. The molecule has 0 unspecified atom stereocenters. The number of carbonyl (C=O) groups is 2. The highest BCUT2D eigenvalue weighted by molar-refractivity contribution is 5.85. The van der Waals surface area contributed by atoms with Gasteiger partial charge in [0.15, 0.2) is 0 Å². The number of allylic oxidation sites excluding steroid dienone is 9. The van der Waals surface area contributed by atoms with E-state index in [0.717, 1.165) is 23.1 Å². The number of hydrogen-bond donors (Lipinski definition) is 0. The molecule has 1 aromatic rings. The van der Waals surface area contributed by atoms with Gasteiger partial charge in [0.25, 0.3) is 0 Å². The zero-order chi connectivity index (χ0) is 25.8. The Labute approximate surface area is 211 Å². The predicted octanol–water partition coefficient (Wildman–Crippen LogP) is 7.97. The fourth-order valence-corrected chi connectivity index (χ4v) is 4.11. The van der Waals surface area contributed by atoms with Gasteiger partial charge in [0.05, 0.1) is 0 Å². The average molecular weight is 477 g/mol. The van der Waals surface area contributed by atoms with E-state index in [1.165, 1.54) is 36.5 Å². The van der Waals surface area contributed by atoms with Crippen LogP contribution in [-0.4, -0.2) is 11.9 Å². The van der Waals surface area contributed by atoms with Crippen molar-refractivity contribution in [2.24, 2.45) is 5.41 Å². The summed E-state index contributed by atoms with van der Waals surface area (Å²) in [5.74, 6) is -0.196. The van der Waals surface area contributed by atoms with Crippen molar-refractivity contribution in [3.8, 4) is 5.75 Å². The van der Waals surface area contributed by atoms with Gasteiger partial charge < -0.3 is 9.47 Å². The van der Waals surface area contributed by atoms with Crippen LogP contribution in [0.15, 0.2) is 83.0 Å². The molecular formula is C31H40O4. The first-order valence-corrected chi connectivity index (χ1v) is 12.5. The highest BCUT2D eigenvalue weighted by Crippen LogP contribution is 2.40. The predicted molar refractivity (Wildman–Crippen MR) is 143 cm³/mol. The van der Waals surface area contributed by atoms with Gasteiger partial charge in [0.2, 0.25) is 0 Å². The molecule has 0 fully saturated rings. The summed E-state index contributed by atoms with van der Waals surface area (Å²) in [6.07, 6.45) is 16.6. The van der Waals surface area contributed by atoms with Gasteiger partial charge in [-0.3, -0.25) is 4.79 Å². The van der Waals surface area contributed by atoms with Crippen molar-refractivity contribution in [2.75, 3.05) is 0 Å². The average Bonchev–Trinajstić information content (AvgIpc) is 2.78. The Hall–Kier alpha value is -3.14. The van der Waals surface area contributed by atoms with Crippen molar-refractivity contribution in [2.45, 2.75) is 80.3 Å².